The minimum absolute atomic E-state index is 0. The number of carbonyl (C=O) groups excluding carboxylic acids is 2. The second kappa shape index (κ2) is 21.5. The normalized spacial score (nSPS) is 8.32. The van der Waals surface area contributed by atoms with Crippen LogP contribution in [0.5, 0.6) is 0 Å². The Hall–Kier alpha value is -3.22. The van der Waals surface area contributed by atoms with E-state index in [-0.39, 0.29) is 30.8 Å². The van der Waals surface area contributed by atoms with E-state index in [1.165, 1.54) is 24.7 Å². The van der Waals surface area contributed by atoms with Crippen LogP contribution >= 0.6 is 0 Å². The van der Waals surface area contributed by atoms with Crippen LogP contribution in [0.2, 0.25) is 0 Å². The van der Waals surface area contributed by atoms with Crippen LogP contribution in [0, 0.1) is 0 Å². The Labute approximate surface area is 192 Å². The Bertz CT molecular complexity index is 694. The first-order valence-electron chi connectivity index (χ1n) is 8.90. The van der Waals surface area contributed by atoms with Gasteiger partial charge in [-0.1, -0.05) is 20.3 Å². The monoisotopic (exact) mass is 427 g/mol. The molecule has 31 heavy (non-hydrogen) atoms. The second-order valence-corrected chi connectivity index (χ2v) is 5.42. The van der Waals surface area contributed by atoms with Gasteiger partial charge >= 0.3 is 30.8 Å². The number of carboxylic acid groups (broad SMARTS) is 3. The van der Waals surface area contributed by atoms with Gasteiger partial charge in [-0.15, -0.1) is 0 Å². The van der Waals surface area contributed by atoms with E-state index in [1.54, 1.807) is 31.3 Å². The molecule has 0 saturated heterocycles. The maximum absolute atomic E-state index is 10.4. The molecule has 0 unspecified atom stereocenters. The summed E-state index contributed by atoms with van der Waals surface area (Å²) in [4.78, 5) is 47.0. The summed E-state index contributed by atoms with van der Waals surface area (Å²) in [7, 11) is 0. The Morgan fingerprint density at radius 2 is 1.35 bits per heavy atom. The first-order valence-corrected chi connectivity index (χ1v) is 8.90. The van der Waals surface area contributed by atoms with Crippen molar-refractivity contribution >= 4 is 23.8 Å². The number of aliphatic carboxylic acids is 2. The molecule has 2 heterocycles. The largest absolute Gasteiger partial charge is 1.00 e. The van der Waals surface area contributed by atoms with Gasteiger partial charge in [0.05, 0.1) is 11.1 Å². The molecule has 0 aliphatic heterocycles. The number of pyridine rings is 2. The zero-order valence-electron chi connectivity index (χ0n) is 17.9. The SMILES string of the molecule is CCCC(=O)O.CCCC(=O)[O-].NC(=O)c1cccnc1.O=C(O)c1cccnc1.[Li+]. The van der Waals surface area contributed by atoms with E-state index in [0.717, 1.165) is 6.42 Å². The third kappa shape index (κ3) is 22.9. The molecule has 11 heteroatoms. The van der Waals surface area contributed by atoms with Crippen LogP contribution in [0.15, 0.2) is 49.1 Å². The fourth-order valence-electron chi connectivity index (χ4n) is 1.42. The Morgan fingerprint density at radius 1 is 0.903 bits per heavy atom. The standard InChI is InChI=1S/C6H6N2O.C6H5NO2.2C4H8O2.Li/c7-6(9)5-2-1-3-8-4-5;8-6(9)5-2-1-3-7-4-5;2*1-2-3-4(5)6;/h1-4H,(H2,7,9);1-4H,(H,8,9);2*2-3H2,1H3,(H,5,6);/q;;;;+1/p-1. The summed E-state index contributed by atoms with van der Waals surface area (Å²) in [5.74, 6) is -3.05. The number of nitrogens with zero attached hydrogens (tertiary/aromatic N) is 2. The molecule has 0 saturated carbocycles. The molecule has 4 N–H and O–H groups in total. The van der Waals surface area contributed by atoms with Crippen LogP contribution in [0.25, 0.3) is 0 Å². The van der Waals surface area contributed by atoms with Crippen molar-refractivity contribution in [3.8, 4) is 0 Å². The molecule has 0 aromatic carbocycles. The molecule has 0 aliphatic rings. The number of aromatic carboxylic acids is 1. The van der Waals surface area contributed by atoms with Crippen molar-refractivity contribution in [2.24, 2.45) is 5.73 Å². The second-order valence-electron chi connectivity index (χ2n) is 5.42. The molecule has 2 rings (SSSR count). The van der Waals surface area contributed by atoms with Crippen molar-refractivity contribution in [2.75, 3.05) is 0 Å². The third-order valence-corrected chi connectivity index (χ3v) is 2.77. The molecule has 10 nitrogen and oxygen atoms in total. The van der Waals surface area contributed by atoms with Crippen molar-refractivity contribution in [1.29, 1.82) is 0 Å². The number of amides is 1. The molecule has 0 spiro atoms. The van der Waals surface area contributed by atoms with E-state index in [1.807, 2.05) is 6.92 Å². The predicted octanol–water partition coefficient (Wildman–Crippen LogP) is -1.63. The summed E-state index contributed by atoms with van der Waals surface area (Å²) in [6.45, 7) is 3.64. The van der Waals surface area contributed by atoms with E-state index < -0.39 is 23.8 Å². The Balaban J connectivity index is -0.000000341. The van der Waals surface area contributed by atoms with E-state index in [0.29, 0.717) is 18.4 Å². The number of carbonyl (C=O) groups is 4. The van der Waals surface area contributed by atoms with E-state index in [2.05, 4.69) is 9.97 Å². The maximum atomic E-state index is 10.4. The van der Waals surface area contributed by atoms with Gasteiger partial charge in [-0.3, -0.25) is 19.6 Å². The molecule has 2 aromatic heterocycles. The molecular formula is C20H26LiN3O7. The van der Waals surface area contributed by atoms with Gasteiger partial charge in [0.2, 0.25) is 5.91 Å². The molecule has 2 aromatic rings. The van der Waals surface area contributed by atoms with Crippen LogP contribution in [0.3, 0.4) is 0 Å². The fraction of sp³-hybridized carbons (Fsp3) is 0.300. The molecule has 0 radical (unpaired) electrons. The van der Waals surface area contributed by atoms with Crippen molar-refractivity contribution in [3.63, 3.8) is 0 Å². The number of carboxylic acids is 3. The van der Waals surface area contributed by atoms with Gasteiger partial charge in [0, 0.05) is 37.2 Å². The zero-order chi connectivity index (χ0) is 23.4. The molecular weight excluding hydrogens is 401 g/mol. The summed E-state index contributed by atoms with van der Waals surface area (Å²) in [5, 5.41) is 25.7. The topological polar surface area (TPSA) is 184 Å². The maximum Gasteiger partial charge on any atom is 1.00 e. The Kier molecular flexibility index (Phi) is 22.5. The first-order chi connectivity index (χ1) is 14.1. The van der Waals surface area contributed by atoms with Crippen LogP contribution in [-0.4, -0.2) is 44.0 Å². The minimum Gasteiger partial charge on any atom is -0.550 e. The van der Waals surface area contributed by atoms with Gasteiger partial charge in [-0.05, 0) is 37.1 Å². The summed E-state index contributed by atoms with van der Waals surface area (Å²) in [6.07, 6.45) is 7.74. The van der Waals surface area contributed by atoms with Gasteiger partial charge in [0.1, 0.15) is 0 Å². The number of aromatic nitrogens is 2. The van der Waals surface area contributed by atoms with Gasteiger partial charge in [-0.25, -0.2) is 4.79 Å². The summed E-state index contributed by atoms with van der Waals surface area (Å²) >= 11 is 0. The van der Waals surface area contributed by atoms with Gasteiger partial charge in [-0.2, -0.15) is 0 Å². The van der Waals surface area contributed by atoms with Crippen LogP contribution < -0.4 is 29.7 Å². The number of primary amides is 1. The number of rotatable bonds is 6. The number of hydrogen-bond donors (Lipinski definition) is 3. The smallest absolute Gasteiger partial charge is 0.550 e. The minimum atomic E-state index is -0.961. The molecule has 164 valence electrons. The number of nitrogens with two attached hydrogens (primary N) is 1. The van der Waals surface area contributed by atoms with Gasteiger partial charge in [0.25, 0.3) is 0 Å². The zero-order valence-corrected chi connectivity index (χ0v) is 17.9. The summed E-state index contributed by atoms with van der Waals surface area (Å²) in [6, 6.07) is 6.37. The number of hydrogen-bond acceptors (Lipinski definition) is 7. The van der Waals surface area contributed by atoms with E-state index >= 15 is 0 Å². The quantitative estimate of drug-likeness (QED) is 0.455. The van der Waals surface area contributed by atoms with Crippen molar-refractivity contribution in [3.05, 3.63) is 60.2 Å². The Morgan fingerprint density at radius 3 is 1.48 bits per heavy atom. The average Bonchev–Trinajstić information content (AvgIpc) is 2.70. The molecule has 0 bridgehead atoms. The van der Waals surface area contributed by atoms with Crippen LogP contribution in [0.1, 0.15) is 60.2 Å². The molecule has 0 atom stereocenters. The predicted molar refractivity (Wildman–Crippen MR) is 106 cm³/mol. The first kappa shape index (κ1) is 32.4. The van der Waals surface area contributed by atoms with Crippen LogP contribution in [-0.2, 0) is 9.59 Å². The average molecular weight is 427 g/mol. The third-order valence-electron chi connectivity index (χ3n) is 2.77. The van der Waals surface area contributed by atoms with Crippen molar-refractivity contribution < 1.29 is 53.4 Å². The van der Waals surface area contributed by atoms with Crippen molar-refractivity contribution in [2.45, 2.75) is 39.5 Å². The molecule has 0 aliphatic carbocycles. The summed E-state index contributed by atoms with van der Waals surface area (Å²) in [5.41, 5.74) is 5.60. The van der Waals surface area contributed by atoms with E-state index in [4.69, 9.17) is 15.9 Å². The van der Waals surface area contributed by atoms with E-state index in [9.17, 15) is 24.3 Å². The van der Waals surface area contributed by atoms with Gasteiger partial charge in [0.15, 0.2) is 0 Å². The van der Waals surface area contributed by atoms with Crippen molar-refractivity contribution in [1.82, 2.24) is 9.97 Å². The fourth-order valence-corrected chi connectivity index (χ4v) is 1.42. The molecule has 0 fully saturated rings. The molecule has 1 amide bonds. The summed E-state index contributed by atoms with van der Waals surface area (Å²) < 4.78 is 0. The van der Waals surface area contributed by atoms with Gasteiger partial charge < -0.3 is 25.8 Å². The van der Waals surface area contributed by atoms with Crippen LogP contribution in [0.4, 0.5) is 0 Å².